The molecule has 4 nitrogen and oxygen atoms in total. The molecule has 2 N–H and O–H groups in total. The van der Waals surface area contributed by atoms with E-state index in [0.717, 1.165) is 16.8 Å². The average molecular weight is 343 g/mol. The van der Waals surface area contributed by atoms with Crippen molar-refractivity contribution in [1.82, 2.24) is 0 Å². The Morgan fingerprint density at radius 3 is 2.12 bits per heavy atom. The number of nitrogens with one attached hydrogen (secondary N) is 2. The third-order valence-electron chi connectivity index (χ3n) is 4.42. The molecule has 1 saturated carbocycles. The molecule has 0 saturated heterocycles. The van der Waals surface area contributed by atoms with Gasteiger partial charge in [-0.3, -0.25) is 9.59 Å². The van der Waals surface area contributed by atoms with Gasteiger partial charge in [-0.15, -0.1) is 0 Å². The van der Waals surface area contributed by atoms with Crippen molar-refractivity contribution in [3.05, 3.63) is 58.6 Å². The van der Waals surface area contributed by atoms with Gasteiger partial charge in [0.15, 0.2) is 0 Å². The SMILES string of the molecule is Cc1cccc(C)c1NC(=O)C1(C(=O)Nc2cccc(Cl)c2)CC1. The number of para-hydroxylation sites is 1. The highest BCUT2D eigenvalue weighted by molar-refractivity contribution is 6.31. The predicted octanol–water partition coefficient (Wildman–Crippen LogP) is 4.31. The third-order valence-corrected chi connectivity index (χ3v) is 4.66. The molecule has 0 heterocycles. The largest absolute Gasteiger partial charge is 0.325 e. The number of benzene rings is 2. The van der Waals surface area contributed by atoms with Crippen LogP contribution in [0.5, 0.6) is 0 Å². The minimum Gasteiger partial charge on any atom is -0.325 e. The van der Waals surface area contributed by atoms with E-state index in [2.05, 4.69) is 10.6 Å². The number of halogens is 1. The molecule has 1 aliphatic rings. The normalized spacial score (nSPS) is 14.8. The number of aryl methyl sites for hydroxylation is 2. The second-order valence-corrected chi connectivity index (χ2v) is 6.70. The maximum Gasteiger partial charge on any atom is 0.240 e. The summed E-state index contributed by atoms with van der Waals surface area (Å²) in [6, 6.07) is 12.7. The number of hydrogen-bond acceptors (Lipinski definition) is 2. The molecule has 2 aromatic rings. The van der Waals surface area contributed by atoms with E-state index in [4.69, 9.17) is 11.6 Å². The Bertz CT molecular complexity index is 793. The van der Waals surface area contributed by atoms with Crippen LogP contribution in [0.15, 0.2) is 42.5 Å². The summed E-state index contributed by atoms with van der Waals surface area (Å²) >= 11 is 5.93. The van der Waals surface area contributed by atoms with Crippen LogP contribution in [0, 0.1) is 19.3 Å². The average Bonchev–Trinajstić information content (AvgIpc) is 3.33. The number of carbonyl (C=O) groups excluding carboxylic acids is 2. The van der Waals surface area contributed by atoms with Crippen LogP contribution < -0.4 is 10.6 Å². The fourth-order valence-corrected chi connectivity index (χ4v) is 2.93. The predicted molar refractivity (Wildman–Crippen MR) is 96.3 cm³/mol. The molecule has 124 valence electrons. The molecule has 0 bridgehead atoms. The molecule has 0 aliphatic heterocycles. The van der Waals surface area contributed by atoms with Gasteiger partial charge in [0, 0.05) is 16.4 Å². The molecule has 0 aromatic heterocycles. The van der Waals surface area contributed by atoms with Gasteiger partial charge in [0.1, 0.15) is 5.41 Å². The molecule has 5 heteroatoms. The van der Waals surface area contributed by atoms with Crippen LogP contribution in [0.4, 0.5) is 11.4 Å². The molecule has 0 radical (unpaired) electrons. The molecule has 3 rings (SSSR count). The molecule has 1 aliphatic carbocycles. The summed E-state index contributed by atoms with van der Waals surface area (Å²) in [5.41, 5.74) is 2.35. The van der Waals surface area contributed by atoms with Gasteiger partial charge >= 0.3 is 0 Å². The summed E-state index contributed by atoms with van der Waals surface area (Å²) in [7, 11) is 0. The van der Waals surface area contributed by atoms with Gasteiger partial charge in [-0.25, -0.2) is 0 Å². The van der Waals surface area contributed by atoms with Crippen LogP contribution in [-0.2, 0) is 9.59 Å². The van der Waals surface area contributed by atoms with Crippen molar-refractivity contribution in [2.45, 2.75) is 26.7 Å². The second-order valence-electron chi connectivity index (χ2n) is 6.27. The van der Waals surface area contributed by atoms with E-state index in [0.29, 0.717) is 23.6 Å². The topological polar surface area (TPSA) is 58.2 Å². The van der Waals surface area contributed by atoms with Gasteiger partial charge in [0.05, 0.1) is 0 Å². The first-order valence-corrected chi connectivity index (χ1v) is 8.25. The summed E-state index contributed by atoms with van der Waals surface area (Å²) in [4.78, 5) is 25.3. The fourth-order valence-electron chi connectivity index (χ4n) is 2.74. The molecule has 24 heavy (non-hydrogen) atoms. The zero-order valence-corrected chi connectivity index (χ0v) is 14.4. The highest BCUT2D eigenvalue weighted by Crippen LogP contribution is 2.47. The van der Waals surface area contributed by atoms with Gasteiger partial charge < -0.3 is 10.6 Å². The maximum absolute atomic E-state index is 12.7. The number of hydrogen-bond donors (Lipinski definition) is 2. The van der Waals surface area contributed by atoms with Crippen LogP contribution in [0.2, 0.25) is 5.02 Å². The fraction of sp³-hybridized carbons (Fsp3) is 0.263. The lowest BCUT2D eigenvalue weighted by Crippen LogP contribution is -2.36. The van der Waals surface area contributed by atoms with Gasteiger partial charge in [0.2, 0.25) is 11.8 Å². The van der Waals surface area contributed by atoms with Crippen LogP contribution >= 0.6 is 11.6 Å². The first-order chi connectivity index (χ1) is 11.4. The van der Waals surface area contributed by atoms with Crippen molar-refractivity contribution in [3.63, 3.8) is 0 Å². The highest BCUT2D eigenvalue weighted by Gasteiger charge is 2.56. The Kier molecular flexibility index (Phi) is 4.33. The monoisotopic (exact) mass is 342 g/mol. The van der Waals surface area contributed by atoms with E-state index < -0.39 is 5.41 Å². The van der Waals surface area contributed by atoms with Crippen molar-refractivity contribution < 1.29 is 9.59 Å². The molecular formula is C19H19ClN2O2. The first-order valence-electron chi connectivity index (χ1n) is 7.87. The van der Waals surface area contributed by atoms with E-state index >= 15 is 0 Å². The summed E-state index contributed by atoms with van der Waals surface area (Å²) in [5.74, 6) is -0.534. The van der Waals surface area contributed by atoms with Gasteiger partial charge in [-0.1, -0.05) is 35.9 Å². The summed E-state index contributed by atoms with van der Waals surface area (Å²) in [6.07, 6.45) is 1.10. The standard InChI is InChI=1S/C19H19ClN2O2/c1-12-5-3-6-13(2)16(12)22-18(24)19(9-10-19)17(23)21-15-8-4-7-14(20)11-15/h3-8,11H,9-10H2,1-2H3,(H,21,23)(H,22,24). The molecule has 0 atom stereocenters. The van der Waals surface area contributed by atoms with E-state index in [9.17, 15) is 9.59 Å². The Morgan fingerprint density at radius 2 is 1.54 bits per heavy atom. The number of rotatable bonds is 4. The molecular weight excluding hydrogens is 324 g/mol. The van der Waals surface area contributed by atoms with Crippen LogP contribution in [0.3, 0.4) is 0 Å². The number of amides is 2. The van der Waals surface area contributed by atoms with E-state index in [-0.39, 0.29) is 11.8 Å². The zero-order chi connectivity index (χ0) is 17.3. The second kappa shape index (κ2) is 6.29. The summed E-state index contributed by atoms with van der Waals surface area (Å²) in [5, 5.41) is 6.27. The minimum atomic E-state index is -0.989. The van der Waals surface area contributed by atoms with Gasteiger partial charge in [-0.2, -0.15) is 0 Å². The Hall–Kier alpha value is -2.33. The highest BCUT2D eigenvalue weighted by atomic mass is 35.5. The van der Waals surface area contributed by atoms with Crippen molar-refractivity contribution in [2.75, 3.05) is 10.6 Å². The lowest BCUT2D eigenvalue weighted by atomic mass is 10.0. The number of carbonyl (C=O) groups is 2. The first kappa shape index (κ1) is 16.5. The quantitative estimate of drug-likeness (QED) is 0.813. The molecule has 2 aromatic carbocycles. The smallest absolute Gasteiger partial charge is 0.240 e. The van der Waals surface area contributed by atoms with Crippen molar-refractivity contribution in [2.24, 2.45) is 5.41 Å². The lowest BCUT2D eigenvalue weighted by Gasteiger charge is -2.18. The molecule has 0 spiro atoms. The number of anilines is 2. The lowest BCUT2D eigenvalue weighted by molar-refractivity contribution is -0.131. The molecule has 2 amide bonds. The minimum absolute atomic E-state index is 0.251. The Morgan fingerprint density at radius 1 is 0.958 bits per heavy atom. The van der Waals surface area contributed by atoms with E-state index in [1.165, 1.54) is 0 Å². The Balaban J connectivity index is 1.75. The van der Waals surface area contributed by atoms with Crippen LogP contribution in [-0.4, -0.2) is 11.8 Å². The molecule has 0 unspecified atom stereocenters. The maximum atomic E-state index is 12.7. The third kappa shape index (κ3) is 3.15. The molecule has 1 fully saturated rings. The Labute approximate surface area is 146 Å². The summed E-state index contributed by atoms with van der Waals surface area (Å²) in [6.45, 7) is 3.88. The van der Waals surface area contributed by atoms with Gasteiger partial charge in [0.25, 0.3) is 0 Å². The van der Waals surface area contributed by atoms with Gasteiger partial charge in [-0.05, 0) is 56.0 Å². The van der Waals surface area contributed by atoms with Crippen molar-refractivity contribution in [3.8, 4) is 0 Å². The summed E-state index contributed by atoms with van der Waals surface area (Å²) < 4.78 is 0. The van der Waals surface area contributed by atoms with E-state index in [1.54, 1.807) is 24.3 Å². The van der Waals surface area contributed by atoms with Crippen molar-refractivity contribution in [1.29, 1.82) is 0 Å². The van der Waals surface area contributed by atoms with Crippen LogP contribution in [0.25, 0.3) is 0 Å². The van der Waals surface area contributed by atoms with E-state index in [1.807, 2.05) is 32.0 Å². The van der Waals surface area contributed by atoms with Crippen LogP contribution in [0.1, 0.15) is 24.0 Å². The zero-order valence-electron chi connectivity index (χ0n) is 13.7. The van der Waals surface area contributed by atoms with Crippen molar-refractivity contribution >= 4 is 34.8 Å².